The summed E-state index contributed by atoms with van der Waals surface area (Å²) in [4.78, 5) is 23.0. The molecule has 4 N–H and O–H groups in total. The first kappa shape index (κ1) is 15.0. The Morgan fingerprint density at radius 3 is 2.61 bits per heavy atom. The van der Waals surface area contributed by atoms with Crippen molar-refractivity contribution in [3.8, 4) is 0 Å². The van der Waals surface area contributed by atoms with E-state index in [4.69, 9.17) is 10.8 Å². The Morgan fingerprint density at radius 2 is 2.06 bits per heavy atom. The summed E-state index contributed by atoms with van der Waals surface area (Å²) in [6.45, 7) is 2.50. The molecule has 1 rings (SSSR count). The van der Waals surface area contributed by atoms with Gasteiger partial charge >= 0.3 is 5.97 Å². The molecule has 0 bridgehead atoms. The van der Waals surface area contributed by atoms with E-state index in [1.807, 2.05) is 6.92 Å². The molecule has 0 aromatic heterocycles. The SMILES string of the molecule is CCC(CN)CC(=O)NC1CCCCC1C(=O)O. The Bertz CT molecular complexity index is 290. The average Bonchev–Trinajstić information content (AvgIpc) is 2.36. The second kappa shape index (κ2) is 7.36. The van der Waals surface area contributed by atoms with E-state index in [0.29, 0.717) is 19.4 Å². The average molecular weight is 256 g/mol. The van der Waals surface area contributed by atoms with Crippen LogP contribution in [0.25, 0.3) is 0 Å². The normalized spacial score (nSPS) is 25.4. The maximum atomic E-state index is 11.8. The topological polar surface area (TPSA) is 92.4 Å². The first-order chi connectivity index (χ1) is 8.58. The summed E-state index contributed by atoms with van der Waals surface area (Å²) in [5, 5.41) is 12.0. The number of carbonyl (C=O) groups excluding carboxylic acids is 1. The highest BCUT2D eigenvalue weighted by atomic mass is 16.4. The van der Waals surface area contributed by atoms with Gasteiger partial charge in [-0.2, -0.15) is 0 Å². The van der Waals surface area contributed by atoms with Crippen LogP contribution < -0.4 is 11.1 Å². The third-order valence-electron chi connectivity index (χ3n) is 3.81. The number of carboxylic acid groups (broad SMARTS) is 1. The highest BCUT2D eigenvalue weighted by molar-refractivity contribution is 5.78. The first-order valence-corrected chi connectivity index (χ1v) is 6.80. The summed E-state index contributed by atoms with van der Waals surface area (Å²) in [6, 6.07) is -0.209. The maximum absolute atomic E-state index is 11.8. The summed E-state index contributed by atoms with van der Waals surface area (Å²) in [7, 11) is 0. The summed E-state index contributed by atoms with van der Waals surface area (Å²) < 4.78 is 0. The van der Waals surface area contributed by atoms with Crippen LogP contribution in [0.1, 0.15) is 45.4 Å². The molecule has 0 aliphatic heterocycles. The molecule has 104 valence electrons. The second-order valence-corrected chi connectivity index (χ2v) is 5.12. The van der Waals surface area contributed by atoms with Crippen molar-refractivity contribution in [3.63, 3.8) is 0 Å². The van der Waals surface area contributed by atoms with E-state index in [2.05, 4.69) is 5.32 Å². The van der Waals surface area contributed by atoms with Gasteiger partial charge in [0.2, 0.25) is 5.91 Å². The van der Waals surface area contributed by atoms with E-state index >= 15 is 0 Å². The van der Waals surface area contributed by atoms with Crippen LogP contribution in [-0.4, -0.2) is 29.6 Å². The van der Waals surface area contributed by atoms with Gasteiger partial charge in [0.25, 0.3) is 0 Å². The summed E-state index contributed by atoms with van der Waals surface area (Å²) >= 11 is 0. The van der Waals surface area contributed by atoms with Crippen LogP contribution in [0.15, 0.2) is 0 Å². The van der Waals surface area contributed by atoms with E-state index in [0.717, 1.165) is 25.7 Å². The van der Waals surface area contributed by atoms with E-state index in [1.165, 1.54) is 0 Å². The van der Waals surface area contributed by atoms with Gasteiger partial charge in [-0.3, -0.25) is 9.59 Å². The van der Waals surface area contributed by atoms with Crippen LogP contribution in [-0.2, 0) is 9.59 Å². The molecular formula is C13H24N2O3. The molecule has 0 saturated heterocycles. The number of hydrogen-bond acceptors (Lipinski definition) is 3. The number of carboxylic acids is 1. The van der Waals surface area contributed by atoms with Crippen molar-refractivity contribution in [1.29, 1.82) is 0 Å². The van der Waals surface area contributed by atoms with Crippen LogP contribution >= 0.6 is 0 Å². The van der Waals surface area contributed by atoms with Crippen molar-refractivity contribution in [2.24, 2.45) is 17.6 Å². The Morgan fingerprint density at radius 1 is 1.39 bits per heavy atom. The molecule has 1 fully saturated rings. The monoisotopic (exact) mass is 256 g/mol. The van der Waals surface area contributed by atoms with E-state index in [9.17, 15) is 9.59 Å². The molecule has 0 heterocycles. The van der Waals surface area contributed by atoms with Crippen molar-refractivity contribution in [2.75, 3.05) is 6.54 Å². The number of amides is 1. The molecular weight excluding hydrogens is 232 g/mol. The Balaban J connectivity index is 2.48. The molecule has 1 aliphatic carbocycles. The lowest BCUT2D eigenvalue weighted by molar-refractivity contribution is -0.144. The zero-order valence-corrected chi connectivity index (χ0v) is 11.0. The largest absolute Gasteiger partial charge is 0.481 e. The molecule has 3 atom stereocenters. The van der Waals surface area contributed by atoms with E-state index in [-0.39, 0.29) is 17.9 Å². The predicted molar refractivity (Wildman–Crippen MR) is 69.0 cm³/mol. The first-order valence-electron chi connectivity index (χ1n) is 6.80. The standard InChI is InChI=1S/C13H24N2O3/c1-2-9(8-14)7-12(16)15-11-6-4-3-5-10(11)13(17)18/h9-11H,2-8,14H2,1H3,(H,15,16)(H,17,18). The Hall–Kier alpha value is -1.10. The van der Waals surface area contributed by atoms with Crippen molar-refractivity contribution in [2.45, 2.75) is 51.5 Å². The van der Waals surface area contributed by atoms with Gasteiger partial charge in [-0.25, -0.2) is 0 Å². The fourth-order valence-corrected chi connectivity index (χ4v) is 2.52. The lowest BCUT2D eigenvalue weighted by atomic mass is 9.84. The molecule has 3 unspecified atom stereocenters. The summed E-state index contributed by atoms with van der Waals surface area (Å²) in [6.07, 6.45) is 4.62. The molecule has 0 spiro atoms. The fraction of sp³-hybridized carbons (Fsp3) is 0.846. The van der Waals surface area contributed by atoms with Gasteiger partial charge in [0.1, 0.15) is 0 Å². The predicted octanol–water partition coefficient (Wildman–Crippen LogP) is 1.12. The van der Waals surface area contributed by atoms with Gasteiger partial charge in [-0.1, -0.05) is 26.2 Å². The van der Waals surface area contributed by atoms with Gasteiger partial charge < -0.3 is 16.2 Å². The lowest BCUT2D eigenvalue weighted by Gasteiger charge is -2.29. The Labute approximate surface area is 108 Å². The molecule has 1 saturated carbocycles. The molecule has 5 nitrogen and oxygen atoms in total. The van der Waals surface area contributed by atoms with Gasteiger partial charge in [0.05, 0.1) is 5.92 Å². The highest BCUT2D eigenvalue weighted by Crippen LogP contribution is 2.24. The minimum Gasteiger partial charge on any atom is -0.481 e. The molecule has 0 radical (unpaired) electrons. The number of aliphatic carboxylic acids is 1. The van der Waals surface area contributed by atoms with Gasteiger partial charge in [-0.05, 0) is 25.3 Å². The third-order valence-corrected chi connectivity index (χ3v) is 3.81. The molecule has 1 amide bonds. The van der Waals surface area contributed by atoms with E-state index < -0.39 is 11.9 Å². The molecule has 5 heteroatoms. The zero-order chi connectivity index (χ0) is 13.5. The van der Waals surface area contributed by atoms with Crippen LogP contribution in [0.2, 0.25) is 0 Å². The van der Waals surface area contributed by atoms with Crippen LogP contribution in [0.5, 0.6) is 0 Å². The summed E-state index contributed by atoms with van der Waals surface area (Å²) in [5.41, 5.74) is 5.57. The Kier molecular flexibility index (Phi) is 6.12. The number of carbonyl (C=O) groups is 2. The molecule has 18 heavy (non-hydrogen) atoms. The van der Waals surface area contributed by atoms with Crippen molar-refractivity contribution in [3.05, 3.63) is 0 Å². The third kappa shape index (κ3) is 4.29. The second-order valence-electron chi connectivity index (χ2n) is 5.12. The van der Waals surface area contributed by atoms with Crippen molar-refractivity contribution in [1.82, 2.24) is 5.32 Å². The maximum Gasteiger partial charge on any atom is 0.308 e. The fourth-order valence-electron chi connectivity index (χ4n) is 2.52. The highest BCUT2D eigenvalue weighted by Gasteiger charge is 2.31. The molecule has 1 aliphatic rings. The smallest absolute Gasteiger partial charge is 0.308 e. The van der Waals surface area contributed by atoms with Crippen LogP contribution in [0.3, 0.4) is 0 Å². The number of nitrogens with two attached hydrogens (primary N) is 1. The van der Waals surface area contributed by atoms with Gasteiger partial charge in [-0.15, -0.1) is 0 Å². The quantitative estimate of drug-likeness (QED) is 0.664. The minimum absolute atomic E-state index is 0.0644. The van der Waals surface area contributed by atoms with Gasteiger partial charge in [0.15, 0.2) is 0 Å². The van der Waals surface area contributed by atoms with Crippen molar-refractivity contribution < 1.29 is 14.7 Å². The molecule has 0 aromatic carbocycles. The van der Waals surface area contributed by atoms with Crippen molar-refractivity contribution >= 4 is 11.9 Å². The number of hydrogen-bond donors (Lipinski definition) is 3. The summed E-state index contributed by atoms with van der Waals surface area (Å²) in [5.74, 6) is -1.10. The zero-order valence-electron chi connectivity index (χ0n) is 11.0. The van der Waals surface area contributed by atoms with Crippen LogP contribution in [0.4, 0.5) is 0 Å². The van der Waals surface area contributed by atoms with E-state index in [1.54, 1.807) is 0 Å². The molecule has 0 aromatic rings. The minimum atomic E-state index is -0.800. The number of rotatable bonds is 6. The van der Waals surface area contributed by atoms with Gasteiger partial charge in [0, 0.05) is 12.5 Å². The number of nitrogens with one attached hydrogen (secondary N) is 1. The van der Waals surface area contributed by atoms with Crippen LogP contribution in [0, 0.1) is 11.8 Å². The lowest BCUT2D eigenvalue weighted by Crippen LogP contribution is -2.45.